The van der Waals surface area contributed by atoms with Gasteiger partial charge in [-0.05, 0) is 84.4 Å². The Morgan fingerprint density at radius 1 is 1.03 bits per heavy atom. The highest BCUT2D eigenvalue weighted by Crippen LogP contribution is 2.60. The van der Waals surface area contributed by atoms with Crippen LogP contribution >= 0.6 is 0 Å². The van der Waals surface area contributed by atoms with E-state index < -0.39 is 0 Å². The fourth-order valence-electron chi connectivity index (χ4n) is 7.21. The number of aliphatic hydroxyl groups excluding tert-OH is 1. The highest BCUT2D eigenvalue weighted by Gasteiger charge is 2.58. The standard InChI is InChI=1S/C27H32O3/c1-14-8-9-26(4)10-11-27(5)19-7-6-17-15(2)24(29)21(28)13-18(17)22(19)16(3)25(30)23(27)20(26)12-14/h6-7,13-14,20,23,29H,8-12H2,1-5H3. The second-order valence-electron chi connectivity index (χ2n) is 11.0. The van der Waals surface area contributed by atoms with Gasteiger partial charge < -0.3 is 5.11 Å². The van der Waals surface area contributed by atoms with Crippen molar-refractivity contribution < 1.29 is 14.7 Å². The SMILES string of the molecule is CC1=C(O)C(=O)C=c2c1ccc1c2=C(C)C(=O)C2C3CC(C)CCC3(C)CCC12C. The second-order valence-corrected chi connectivity index (χ2v) is 11.0. The molecule has 1 N–H and O–H groups in total. The number of Topliss-reactive ketones (excluding diaryl/α,β-unsaturated/α-hetero) is 2. The first-order valence-corrected chi connectivity index (χ1v) is 11.4. The number of rotatable bonds is 0. The van der Waals surface area contributed by atoms with Crippen molar-refractivity contribution in [1.82, 2.24) is 0 Å². The molecule has 0 aromatic heterocycles. The van der Waals surface area contributed by atoms with Crippen LogP contribution in [0.5, 0.6) is 0 Å². The third-order valence-corrected chi connectivity index (χ3v) is 9.22. The molecule has 2 fully saturated rings. The van der Waals surface area contributed by atoms with E-state index in [2.05, 4.69) is 26.8 Å². The number of hydrogen-bond acceptors (Lipinski definition) is 3. The van der Waals surface area contributed by atoms with Gasteiger partial charge in [-0.2, -0.15) is 0 Å². The van der Waals surface area contributed by atoms with E-state index in [9.17, 15) is 14.7 Å². The van der Waals surface area contributed by atoms with Gasteiger partial charge in [0, 0.05) is 22.5 Å². The Hall–Kier alpha value is -2.16. The normalized spacial score (nSPS) is 37.8. The largest absolute Gasteiger partial charge is 0.504 e. The van der Waals surface area contributed by atoms with Crippen molar-refractivity contribution in [2.75, 3.05) is 0 Å². The molecule has 1 aromatic rings. The second kappa shape index (κ2) is 6.18. The van der Waals surface area contributed by atoms with Crippen molar-refractivity contribution in [2.45, 2.75) is 72.1 Å². The summed E-state index contributed by atoms with van der Waals surface area (Å²) in [7, 11) is 0. The Kier molecular flexibility index (Phi) is 4.08. The summed E-state index contributed by atoms with van der Waals surface area (Å²) >= 11 is 0. The summed E-state index contributed by atoms with van der Waals surface area (Å²) in [5.74, 6) is 0.844. The molecule has 30 heavy (non-hydrogen) atoms. The number of aliphatic hydroxyl groups is 1. The molecule has 0 radical (unpaired) electrons. The minimum atomic E-state index is -0.363. The molecular formula is C27H32O3. The lowest BCUT2D eigenvalue weighted by Gasteiger charge is -2.58. The zero-order valence-corrected chi connectivity index (χ0v) is 18.8. The number of benzene rings is 1. The molecule has 2 saturated carbocycles. The van der Waals surface area contributed by atoms with Gasteiger partial charge in [-0.1, -0.05) is 39.3 Å². The molecule has 158 valence electrons. The first-order valence-electron chi connectivity index (χ1n) is 11.4. The summed E-state index contributed by atoms with van der Waals surface area (Å²) in [6, 6.07) is 4.22. The average Bonchev–Trinajstić information content (AvgIpc) is 2.71. The monoisotopic (exact) mass is 404 g/mol. The Bertz CT molecular complexity index is 1150. The van der Waals surface area contributed by atoms with Crippen molar-refractivity contribution in [1.29, 1.82) is 0 Å². The molecule has 0 spiro atoms. The summed E-state index contributed by atoms with van der Waals surface area (Å²) in [6.45, 7) is 10.8. The van der Waals surface area contributed by atoms with Crippen LogP contribution in [0.1, 0.15) is 77.8 Å². The topological polar surface area (TPSA) is 54.4 Å². The third kappa shape index (κ3) is 2.38. The predicted molar refractivity (Wildman–Crippen MR) is 119 cm³/mol. The van der Waals surface area contributed by atoms with Crippen molar-refractivity contribution in [3.63, 3.8) is 0 Å². The quantitative estimate of drug-likeness (QED) is 0.705. The fraction of sp³-hybridized carbons (Fsp3) is 0.556. The summed E-state index contributed by atoms with van der Waals surface area (Å²) in [5.41, 5.74) is 3.55. The van der Waals surface area contributed by atoms with Gasteiger partial charge in [0.15, 0.2) is 11.5 Å². The Labute approximate surface area is 178 Å². The van der Waals surface area contributed by atoms with Crippen LogP contribution in [0.25, 0.3) is 17.2 Å². The fourth-order valence-corrected chi connectivity index (χ4v) is 7.21. The Morgan fingerprint density at radius 2 is 1.77 bits per heavy atom. The van der Waals surface area contributed by atoms with Crippen molar-refractivity contribution in [3.8, 4) is 0 Å². The van der Waals surface area contributed by atoms with Gasteiger partial charge in [-0.25, -0.2) is 0 Å². The van der Waals surface area contributed by atoms with Gasteiger partial charge >= 0.3 is 0 Å². The summed E-state index contributed by atoms with van der Waals surface area (Å²) in [6.07, 6.45) is 7.33. The summed E-state index contributed by atoms with van der Waals surface area (Å²) in [4.78, 5) is 26.4. The predicted octanol–water partition coefficient (Wildman–Crippen LogP) is 4.20. The van der Waals surface area contributed by atoms with E-state index in [1.807, 2.05) is 13.0 Å². The van der Waals surface area contributed by atoms with Crippen LogP contribution in [0.15, 0.2) is 17.9 Å². The van der Waals surface area contributed by atoms with E-state index in [1.165, 1.54) is 24.5 Å². The maximum absolute atomic E-state index is 13.9. The molecular weight excluding hydrogens is 372 g/mol. The number of hydrogen-bond donors (Lipinski definition) is 1. The lowest BCUT2D eigenvalue weighted by Crippen LogP contribution is -2.59. The van der Waals surface area contributed by atoms with Crippen molar-refractivity contribution in [3.05, 3.63) is 39.5 Å². The molecule has 0 aliphatic heterocycles. The highest BCUT2D eigenvalue weighted by atomic mass is 16.3. The minimum Gasteiger partial charge on any atom is -0.504 e. The van der Waals surface area contributed by atoms with Crippen LogP contribution in [0.2, 0.25) is 0 Å². The van der Waals surface area contributed by atoms with Crippen LogP contribution in [0.3, 0.4) is 0 Å². The molecule has 3 nitrogen and oxygen atoms in total. The number of carbonyl (C=O) groups excluding carboxylic acids is 2. The van der Waals surface area contributed by atoms with Crippen LogP contribution < -0.4 is 10.4 Å². The number of ketones is 2. The maximum Gasteiger partial charge on any atom is 0.221 e. The molecule has 3 heteroatoms. The molecule has 0 amide bonds. The molecule has 5 atom stereocenters. The van der Waals surface area contributed by atoms with Crippen molar-refractivity contribution in [2.24, 2.45) is 23.2 Å². The molecule has 0 bridgehead atoms. The molecule has 5 rings (SSSR count). The van der Waals surface area contributed by atoms with Gasteiger partial charge in [0.2, 0.25) is 5.78 Å². The van der Waals surface area contributed by atoms with Gasteiger partial charge in [-0.3, -0.25) is 9.59 Å². The molecule has 5 unspecified atom stereocenters. The zero-order valence-electron chi connectivity index (χ0n) is 18.8. The Balaban J connectivity index is 1.79. The minimum absolute atomic E-state index is 0.0221. The smallest absolute Gasteiger partial charge is 0.221 e. The van der Waals surface area contributed by atoms with E-state index in [4.69, 9.17) is 0 Å². The number of carbonyl (C=O) groups is 2. The van der Waals surface area contributed by atoms with E-state index in [0.717, 1.165) is 40.8 Å². The first kappa shape index (κ1) is 19.8. The maximum atomic E-state index is 13.9. The third-order valence-electron chi connectivity index (χ3n) is 9.22. The van der Waals surface area contributed by atoms with E-state index >= 15 is 0 Å². The lowest BCUT2D eigenvalue weighted by atomic mass is 9.45. The first-order chi connectivity index (χ1) is 14.1. The van der Waals surface area contributed by atoms with Crippen LogP contribution in [-0.4, -0.2) is 16.7 Å². The van der Waals surface area contributed by atoms with E-state index in [1.54, 1.807) is 6.92 Å². The van der Waals surface area contributed by atoms with E-state index in [0.29, 0.717) is 17.4 Å². The van der Waals surface area contributed by atoms with Crippen LogP contribution in [0, 0.1) is 23.2 Å². The summed E-state index contributed by atoms with van der Waals surface area (Å²) < 4.78 is 0. The van der Waals surface area contributed by atoms with Crippen LogP contribution in [-0.2, 0) is 15.0 Å². The molecule has 0 saturated heterocycles. The van der Waals surface area contributed by atoms with Gasteiger partial charge in [0.25, 0.3) is 0 Å². The zero-order chi connectivity index (χ0) is 21.6. The van der Waals surface area contributed by atoms with Crippen LogP contribution in [0.4, 0.5) is 0 Å². The van der Waals surface area contributed by atoms with Gasteiger partial charge in [-0.15, -0.1) is 0 Å². The summed E-state index contributed by atoms with van der Waals surface area (Å²) in [5, 5.41) is 11.9. The number of fused-ring (bicyclic) bond motifs is 7. The van der Waals surface area contributed by atoms with Crippen molar-refractivity contribution >= 4 is 28.8 Å². The average molecular weight is 405 g/mol. The van der Waals surface area contributed by atoms with E-state index in [-0.39, 0.29) is 34.1 Å². The van der Waals surface area contributed by atoms with Gasteiger partial charge in [0.05, 0.1) is 0 Å². The number of allylic oxidation sites excluding steroid dienone is 2. The molecule has 4 aliphatic rings. The molecule has 0 heterocycles. The lowest BCUT2D eigenvalue weighted by molar-refractivity contribution is -0.131. The molecule has 4 aliphatic carbocycles. The van der Waals surface area contributed by atoms with Gasteiger partial charge in [0.1, 0.15) is 0 Å². The Morgan fingerprint density at radius 3 is 2.50 bits per heavy atom. The molecule has 1 aromatic carbocycles. The highest BCUT2D eigenvalue weighted by molar-refractivity contribution is 6.22.